The van der Waals surface area contributed by atoms with Crippen LogP contribution in [0.5, 0.6) is 5.75 Å². The number of piperidine rings is 1. The highest BCUT2D eigenvalue weighted by Crippen LogP contribution is 2.47. The largest absolute Gasteiger partial charge is 0.490 e. The van der Waals surface area contributed by atoms with Gasteiger partial charge < -0.3 is 14.7 Å². The van der Waals surface area contributed by atoms with Crippen LogP contribution in [0.3, 0.4) is 0 Å². The fraction of sp³-hybridized carbons (Fsp3) is 0.565. The summed E-state index contributed by atoms with van der Waals surface area (Å²) < 4.78 is 8.12. The molecule has 170 valence electrons. The number of amides is 3. The summed E-state index contributed by atoms with van der Waals surface area (Å²) in [6.07, 6.45) is 2.88. The molecule has 0 bridgehead atoms. The average Bonchev–Trinajstić information content (AvgIpc) is 3.03. The van der Waals surface area contributed by atoms with E-state index >= 15 is 0 Å². The van der Waals surface area contributed by atoms with Gasteiger partial charge in [-0.2, -0.15) is 5.10 Å². The standard InChI is InChI=1S/C23H28N4O5/c1-13-10-23(11-27(12-23)22(30)31)8-7-18(13)32-14-3-4-15-17(9-14)26(2)25-20(15)16-5-6-19(28)24-21(16)29/h3-4,9,13,16,18H,5-8,10-12H2,1-2H3,(H,30,31)(H,24,28,29)/t13-,16?,18+/m0/s1. The molecule has 1 saturated carbocycles. The molecule has 32 heavy (non-hydrogen) atoms. The lowest BCUT2D eigenvalue weighted by Gasteiger charge is -2.53. The first-order chi connectivity index (χ1) is 15.2. The first kappa shape index (κ1) is 20.8. The summed E-state index contributed by atoms with van der Waals surface area (Å²) >= 11 is 0. The van der Waals surface area contributed by atoms with Gasteiger partial charge >= 0.3 is 6.09 Å². The van der Waals surface area contributed by atoms with Crippen molar-refractivity contribution in [2.75, 3.05) is 13.1 Å². The minimum atomic E-state index is -0.831. The number of hydrogen-bond acceptors (Lipinski definition) is 5. The molecule has 3 atom stereocenters. The lowest BCUT2D eigenvalue weighted by Crippen LogP contribution is -2.60. The number of carbonyl (C=O) groups excluding carboxylic acids is 2. The molecule has 1 spiro atoms. The summed E-state index contributed by atoms with van der Waals surface area (Å²) in [5, 5.41) is 17.0. The Hall–Kier alpha value is -3.10. The zero-order valence-corrected chi connectivity index (χ0v) is 18.3. The lowest BCUT2D eigenvalue weighted by atomic mass is 9.64. The number of benzene rings is 1. The van der Waals surface area contributed by atoms with Gasteiger partial charge in [0.05, 0.1) is 17.1 Å². The average molecular weight is 441 g/mol. The van der Waals surface area contributed by atoms with Crippen molar-refractivity contribution in [2.24, 2.45) is 18.4 Å². The van der Waals surface area contributed by atoms with Crippen molar-refractivity contribution in [3.63, 3.8) is 0 Å². The number of aryl methyl sites for hydroxylation is 1. The molecule has 1 unspecified atom stereocenters. The van der Waals surface area contributed by atoms with Crippen LogP contribution in [-0.4, -0.2) is 56.9 Å². The van der Waals surface area contributed by atoms with Gasteiger partial charge in [-0.3, -0.25) is 19.6 Å². The van der Waals surface area contributed by atoms with Gasteiger partial charge in [0.15, 0.2) is 0 Å². The molecular weight excluding hydrogens is 412 g/mol. The maximum atomic E-state index is 12.3. The number of ether oxygens (including phenoxy) is 1. The van der Waals surface area contributed by atoms with E-state index in [2.05, 4.69) is 17.3 Å². The molecule has 1 aromatic heterocycles. The lowest BCUT2D eigenvalue weighted by molar-refractivity contribution is -0.134. The van der Waals surface area contributed by atoms with Crippen LogP contribution in [0, 0.1) is 11.3 Å². The quantitative estimate of drug-likeness (QED) is 0.710. The molecule has 2 saturated heterocycles. The van der Waals surface area contributed by atoms with Crippen LogP contribution in [0.2, 0.25) is 0 Å². The number of carboxylic acid groups (broad SMARTS) is 1. The van der Waals surface area contributed by atoms with Crippen molar-refractivity contribution in [1.29, 1.82) is 0 Å². The first-order valence-electron chi connectivity index (χ1n) is 11.2. The summed E-state index contributed by atoms with van der Waals surface area (Å²) in [4.78, 5) is 36.4. The summed E-state index contributed by atoms with van der Waals surface area (Å²) in [6, 6.07) is 5.83. The number of fused-ring (bicyclic) bond motifs is 1. The third-order valence-electron chi connectivity index (χ3n) is 7.38. The number of nitrogens with zero attached hydrogens (tertiary/aromatic N) is 3. The summed E-state index contributed by atoms with van der Waals surface area (Å²) in [6.45, 7) is 3.44. The van der Waals surface area contributed by atoms with Crippen LogP contribution in [0.4, 0.5) is 4.79 Å². The minimum Gasteiger partial charge on any atom is -0.490 e. The Morgan fingerprint density at radius 2 is 2.06 bits per heavy atom. The zero-order chi connectivity index (χ0) is 22.6. The van der Waals surface area contributed by atoms with E-state index in [0.717, 1.165) is 35.9 Å². The zero-order valence-electron chi connectivity index (χ0n) is 18.3. The predicted molar refractivity (Wildman–Crippen MR) is 115 cm³/mol. The molecule has 2 aromatic rings. The van der Waals surface area contributed by atoms with E-state index < -0.39 is 12.0 Å². The summed E-state index contributed by atoms with van der Waals surface area (Å²) in [5.74, 6) is 0.155. The monoisotopic (exact) mass is 440 g/mol. The first-order valence-corrected chi connectivity index (χ1v) is 11.2. The van der Waals surface area contributed by atoms with Gasteiger partial charge in [-0.25, -0.2) is 4.79 Å². The van der Waals surface area contributed by atoms with E-state index in [4.69, 9.17) is 9.84 Å². The van der Waals surface area contributed by atoms with E-state index in [1.807, 2.05) is 25.2 Å². The van der Waals surface area contributed by atoms with Crippen molar-refractivity contribution in [3.8, 4) is 5.75 Å². The smallest absolute Gasteiger partial charge is 0.407 e. The fourth-order valence-electron chi connectivity index (χ4n) is 5.74. The molecule has 1 aromatic carbocycles. The van der Waals surface area contributed by atoms with Gasteiger partial charge in [-0.1, -0.05) is 6.92 Å². The maximum Gasteiger partial charge on any atom is 0.407 e. The number of aromatic nitrogens is 2. The Morgan fingerprint density at radius 3 is 2.75 bits per heavy atom. The molecule has 3 aliphatic rings. The van der Waals surface area contributed by atoms with Crippen LogP contribution in [0.25, 0.3) is 10.9 Å². The number of rotatable bonds is 3. The van der Waals surface area contributed by atoms with Crippen molar-refractivity contribution >= 4 is 28.8 Å². The molecular formula is C23H28N4O5. The van der Waals surface area contributed by atoms with E-state index in [1.54, 1.807) is 4.68 Å². The minimum absolute atomic E-state index is 0.0831. The van der Waals surface area contributed by atoms with Crippen LogP contribution in [0.15, 0.2) is 18.2 Å². The Bertz CT molecular complexity index is 1100. The van der Waals surface area contributed by atoms with Gasteiger partial charge in [0.25, 0.3) is 0 Å². The number of carbonyl (C=O) groups is 3. The molecule has 0 radical (unpaired) electrons. The molecule has 9 heteroatoms. The highest BCUT2D eigenvalue weighted by Gasteiger charge is 2.49. The van der Waals surface area contributed by atoms with Gasteiger partial charge in [-0.05, 0) is 43.7 Å². The molecule has 3 heterocycles. The van der Waals surface area contributed by atoms with Crippen molar-refractivity contribution < 1.29 is 24.2 Å². The Balaban J connectivity index is 1.30. The van der Waals surface area contributed by atoms with Crippen LogP contribution in [0.1, 0.15) is 50.6 Å². The highest BCUT2D eigenvalue weighted by molar-refractivity contribution is 6.02. The van der Waals surface area contributed by atoms with Gasteiger partial charge in [0.2, 0.25) is 11.8 Å². The molecule has 3 amide bonds. The van der Waals surface area contributed by atoms with Crippen molar-refractivity contribution in [3.05, 3.63) is 23.9 Å². The molecule has 2 N–H and O–H groups in total. The van der Waals surface area contributed by atoms with E-state index in [1.165, 1.54) is 4.90 Å². The molecule has 3 fully saturated rings. The van der Waals surface area contributed by atoms with Crippen LogP contribution in [-0.2, 0) is 16.6 Å². The second-order valence-electron chi connectivity index (χ2n) is 9.71. The molecule has 9 nitrogen and oxygen atoms in total. The Morgan fingerprint density at radius 1 is 1.28 bits per heavy atom. The second-order valence-corrected chi connectivity index (χ2v) is 9.71. The molecule has 5 rings (SSSR count). The Labute approximate surface area is 185 Å². The summed E-state index contributed by atoms with van der Waals surface area (Å²) in [5.41, 5.74) is 1.69. The van der Waals surface area contributed by atoms with Gasteiger partial charge in [0, 0.05) is 43.4 Å². The van der Waals surface area contributed by atoms with E-state index in [0.29, 0.717) is 37.5 Å². The third kappa shape index (κ3) is 3.49. The highest BCUT2D eigenvalue weighted by atomic mass is 16.5. The van der Waals surface area contributed by atoms with Gasteiger partial charge in [-0.15, -0.1) is 0 Å². The number of nitrogens with one attached hydrogen (secondary N) is 1. The van der Waals surface area contributed by atoms with E-state index in [-0.39, 0.29) is 23.3 Å². The SMILES string of the molecule is C[C@H]1CC2(CC[C@H]1Oc1ccc3c(C4CCC(=O)NC4=O)nn(C)c3c1)CN(C(=O)O)C2. The number of imide groups is 1. The topological polar surface area (TPSA) is 114 Å². The van der Waals surface area contributed by atoms with Crippen molar-refractivity contribution in [1.82, 2.24) is 20.0 Å². The third-order valence-corrected chi connectivity index (χ3v) is 7.38. The predicted octanol–water partition coefficient (Wildman–Crippen LogP) is 2.64. The Kier molecular flexibility index (Phi) is 4.87. The fourth-order valence-corrected chi connectivity index (χ4v) is 5.74. The van der Waals surface area contributed by atoms with E-state index in [9.17, 15) is 14.4 Å². The second kappa shape index (κ2) is 7.50. The molecule has 2 aliphatic heterocycles. The maximum absolute atomic E-state index is 12.3. The van der Waals surface area contributed by atoms with Crippen LogP contribution < -0.4 is 10.1 Å². The van der Waals surface area contributed by atoms with Crippen molar-refractivity contribution in [2.45, 2.75) is 51.0 Å². The van der Waals surface area contributed by atoms with Crippen LogP contribution >= 0.6 is 0 Å². The molecule has 1 aliphatic carbocycles. The number of hydrogen-bond donors (Lipinski definition) is 2. The normalized spacial score (nSPS) is 27.3. The number of likely N-dealkylation sites (tertiary alicyclic amines) is 1. The van der Waals surface area contributed by atoms with Gasteiger partial charge in [0.1, 0.15) is 11.9 Å². The summed E-state index contributed by atoms with van der Waals surface area (Å²) in [7, 11) is 1.85.